The Labute approximate surface area is 99.8 Å². The predicted molar refractivity (Wildman–Crippen MR) is 66.9 cm³/mol. The molecule has 1 aliphatic heterocycles. The van der Waals surface area contributed by atoms with Crippen LogP contribution in [0, 0.1) is 0 Å². The molecule has 5 heteroatoms. The molecule has 5 nitrogen and oxygen atoms in total. The molecule has 0 bridgehead atoms. The van der Waals surface area contributed by atoms with E-state index < -0.39 is 0 Å². The summed E-state index contributed by atoms with van der Waals surface area (Å²) in [6.45, 7) is 5.96. The first-order chi connectivity index (χ1) is 8.25. The van der Waals surface area contributed by atoms with Crippen LogP contribution in [-0.2, 0) is 7.05 Å². The summed E-state index contributed by atoms with van der Waals surface area (Å²) in [4.78, 5) is 15.3. The van der Waals surface area contributed by atoms with Gasteiger partial charge in [0.15, 0.2) is 17.0 Å². The van der Waals surface area contributed by atoms with E-state index in [2.05, 4.69) is 26.4 Å². The third kappa shape index (κ3) is 1.67. The lowest BCUT2D eigenvalue weighted by Crippen LogP contribution is -2.31. The maximum Gasteiger partial charge on any atom is 0.165 e. The first-order valence-electron chi connectivity index (χ1n) is 5.79. The summed E-state index contributed by atoms with van der Waals surface area (Å²) < 4.78 is 1.92. The fourth-order valence-electron chi connectivity index (χ4n) is 2.29. The molecule has 0 spiro atoms. The minimum Gasteiger partial charge on any atom is -0.351 e. The van der Waals surface area contributed by atoms with Gasteiger partial charge >= 0.3 is 0 Å². The number of hydrogen-bond acceptors (Lipinski definition) is 4. The van der Waals surface area contributed by atoms with Gasteiger partial charge in [0.25, 0.3) is 0 Å². The largest absolute Gasteiger partial charge is 0.351 e. The van der Waals surface area contributed by atoms with E-state index in [-0.39, 0.29) is 0 Å². The van der Waals surface area contributed by atoms with Crippen LogP contribution >= 0.6 is 0 Å². The molecule has 1 fully saturated rings. The maximum atomic E-state index is 4.39. The van der Waals surface area contributed by atoms with Crippen molar-refractivity contribution in [1.29, 1.82) is 0 Å². The standard InChI is InChI=1S/C12H15N5/c1-9-4-3-5-17(6-9)12-10-11(13-7-14-12)16(2)8-15-10/h7-8H,1,3-6H2,2H3. The molecule has 0 N–H and O–H groups in total. The number of piperidine rings is 1. The van der Waals surface area contributed by atoms with Crippen LogP contribution in [0.5, 0.6) is 0 Å². The summed E-state index contributed by atoms with van der Waals surface area (Å²) in [5.74, 6) is 0.927. The van der Waals surface area contributed by atoms with E-state index >= 15 is 0 Å². The zero-order valence-electron chi connectivity index (χ0n) is 9.93. The predicted octanol–water partition coefficient (Wildman–Crippen LogP) is 1.52. The van der Waals surface area contributed by atoms with Gasteiger partial charge in [-0.2, -0.15) is 0 Å². The van der Waals surface area contributed by atoms with Crippen molar-refractivity contribution in [2.45, 2.75) is 12.8 Å². The molecule has 1 saturated heterocycles. The molecular weight excluding hydrogens is 214 g/mol. The van der Waals surface area contributed by atoms with Crippen LogP contribution in [0.15, 0.2) is 24.8 Å². The third-order valence-corrected chi connectivity index (χ3v) is 3.15. The van der Waals surface area contributed by atoms with E-state index in [1.807, 2.05) is 11.6 Å². The van der Waals surface area contributed by atoms with E-state index in [0.29, 0.717) is 0 Å². The number of aryl methyl sites for hydroxylation is 1. The third-order valence-electron chi connectivity index (χ3n) is 3.15. The van der Waals surface area contributed by atoms with Crippen molar-refractivity contribution in [2.24, 2.45) is 7.05 Å². The lowest BCUT2D eigenvalue weighted by Gasteiger charge is -2.29. The number of rotatable bonds is 1. The molecule has 3 rings (SSSR count). The Hall–Kier alpha value is -1.91. The Balaban J connectivity index is 2.07. The highest BCUT2D eigenvalue weighted by Crippen LogP contribution is 2.25. The quantitative estimate of drug-likeness (QED) is 0.696. The van der Waals surface area contributed by atoms with Gasteiger partial charge in [0.1, 0.15) is 6.33 Å². The van der Waals surface area contributed by atoms with Crippen LogP contribution in [-0.4, -0.2) is 32.6 Å². The minimum absolute atomic E-state index is 0.878. The smallest absolute Gasteiger partial charge is 0.165 e. The highest BCUT2D eigenvalue weighted by atomic mass is 15.2. The van der Waals surface area contributed by atoms with Crippen molar-refractivity contribution in [2.75, 3.05) is 18.0 Å². The highest BCUT2D eigenvalue weighted by molar-refractivity contribution is 5.83. The molecule has 0 radical (unpaired) electrons. The number of nitrogens with zero attached hydrogens (tertiary/aromatic N) is 5. The minimum atomic E-state index is 0.878. The lowest BCUT2D eigenvalue weighted by atomic mass is 10.1. The number of anilines is 1. The summed E-state index contributed by atoms with van der Waals surface area (Å²) in [5.41, 5.74) is 3.02. The molecule has 3 heterocycles. The first-order valence-corrected chi connectivity index (χ1v) is 5.79. The van der Waals surface area contributed by atoms with Crippen LogP contribution in [0.2, 0.25) is 0 Å². The molecule has 0 aliphatic carbocycles. The number of fused-ring (bicyclic) bond motifs is 1. The van der Waals surface area contributed by atoms with Gasteiger partial charge in [-0.3, -0.25) is 0 Å². The van der Waals surface area contributed by atoms with Crippen molar-refractivity contribution in [3.05, 3.63) is 24.8 Å². The maximum absolute atomic E-state index is 4.39. The Morgan fingerprint density at radius 3 is 3.00 bits per heavy atom. The molecule has 1 aliphatic rings. The number of aromatic nitrogens is 4. The summed E-state index contributed by atoms with van der Waals surface area (Å²) >= 11 is 0. The Bertz CT molecular complexity index is 571. The van der Waals surface area contributed by atoms with Gasteiger partial charge in [0.2, 0.25) is 0 Å². The normalized spacial score (nSPS) is 16.8. The Morgan fingerprint density at radius 2 is 2.18 bits per heavy atom. The van der Waals surface area contributed by atoms with E-state index in [9.17, 15) is 0 Å². The molecule has 2 aromatic rings. The van der Waals surface area contributed by atoms with Crippen LogP contribution in [0.1, 0.15) is 12.8 Å². The van der Waals surface area contributed by atoms with Crippen molar-refractivity contribution >= 4 is 17.0 Å². The molecule has 0 amide bonds. The van der Waals surface area contributed by atoms with Crippen LogP contribution in [0.3, 0.4) is 0 Å². The lowest BCUT2D eigenvalue weighted by molar-refractivity contribution is 0.673. The fraction of sp³-hybridized carbons (Fsp3) is 0.417. The first kappa shape index (κ1) is 10.3. The monoisotopic (exact) mass is 229 g/mol. The Kier molecular flexibility index (Phi) is 2.31. The summed E-state index contributed by atoms with van der Waals surface area (Å²) in [6, 6.07) is 0. The van der Waals surface area contributed by atoms with Crippen molar-refractivity contribution in [3.63, 3.8) is 0 Å². The summed E-state index contributed by atoms with van der Waals surface area (Å²) in [6.07, 6.45) is 5.64. The van der Waals surface area contributed by atoms with Gasteiger partial charge in [-0.15, -0.1) is 0 Å². The van der Waals surface area contributed by atoms with E-state index in [1.54, 1.807) is 12.7 Å². The average Bonchev–Trinajstić information content (AvgIpc) is 2.71. The van der Waals surface area contributed by atoms with Gasteiger partial charge < -0.3 is 9.47 Å². The van der Waals surface area contributed by atoms with Gasteiger partial charge in [-0.05, 0) is 12.8 Å². The molecule has 0 aromatic carbocycles. The summed E-state index contributed by atoms with van der Waals surface area (Å²) in [7, 11) is 1.95. The topological polar surface area (TPSA) is 46.8 Å². The van der Waals surface area contributed by atoms with Crippen LogP contribution < -0.4 is 4.90 Å². The van der Waals surface area contributed by atoms with Gasteiger partial charge in [-0.1, -0.05) is 12.2 Å². The van der Waals surface area contributed by atoms with E-state index in [4.69, 9.17) is 0 Å². The molecule has 0 unspecified atom stereocenters. The zero-order chi connectivity index (χ0) is 11.8. The molecule has 0 saturated carbocycles. The number of hydrogen-bond donors (Lipinski definition) is 0. The van der Waals surface area contributed by atoms with Gasteiger partial charge in [0, 0.05) is 20.1 Å². The Morgan fingerprint density at radius 1 is 1.29 bits per heavy atom. The second-order valence-corrected chi connectivity index (χ2v) is 4.50. The molecular formula is C12H15N5. The SMILES string of the molecule is C=C1CCCN(c2ncnc3c2ncn3C)C1. The van der Waals surface area contributed by atoms with Gasteiger partial charge in [-0.25, -0.2) is 15.0 Å². The zero-order valence-corrected chi connectivity index (χ0v) is 9.93. The highest BCUT2D eigenvalue weighted by Gasteiger charge is 2.18. The molecule has 0 atom stereocenters. The van der Waals surface area contributed by atoms with Crippen molar-refractivity contribution in [3.8, 4) is 0 Å². The molecule has 88 valence electrons. The second-order valence-electron chi connectivity index (χ2n) is 4.50. The van der Waals surface area contributed by atoms with E-state index in [1.165, 1.54) is 5.57 Å². The van der Waals surface area contributed by atoms with Crippen molar-refractivity contribution < 1.29 is 0 Å². The molecule has 2 aromatic heterocycles. The van der Waals surface area contributed by atoms with Crippen molar-refractivity contribution in [1.82, 2.24) is 19.5 Å². The van der Waals surface area contributed by atoms with E-state index in [0.717, 1.165) is 42.9 Å². The average molecular weight is 229 g/mol. The van der Waals surface area contributed by atoms with Crippen LogP contribution in [0.4, 0.5) is 5.82 Å². The second kappa shape index (κ2) is 3.84. The fourth-order valence-corrected chi connectivity index (χ4v) is 2.29. The van der Waals surface area contributed by atoms with Gasteiger partial charge in [0.05, 0.1) is 6.33 Å². The number of imidazole rings is 1. The summed E-state index contributed by atoms with van der Waals surface area (Å²) in [5, 5.41) is 0. The molecule has 17 heavy (non-hydrogen) atoms. The van der Waals surface area contributed by atoms with Crippen LogP contribution in [0.25, 0.3) is 11.2 Å².